The van der Waals surface area contributed by atoms with E-state index in [0.29, 0.717) is 5.88 Å². The summed E-state index contributed by atoms with van der Waals surface area (Å²) in [6.07, 6.45) is 0. The van der Waals surface area contributed by atoms with Crippen molar-refractivity contribution < 1.29 is 4.79 Å². The Kier molecular flexibility index (Phi) is 5.28. The van der Waals surface area contributed by atoms with Crippen molar-refractivity contribution >= 4 is 17.5 Å². The monoisotopic (exact) mass is 308 g/mol. The molecule has 116 valence electrons. The highest BCUT2D eigenvalue weighted by Gasteiger charge is 2.22. The van der Waals surface area contributed by atoms with E-state index >= 15 is 0 Å². The van der Waals surface area contributed by atoms with Crippen molar-refractivity contribution in [3.05, 3.63) is 35.4 Å². The maximum absolute atomic E-state index is 12.5. The Hall–Kier alpha value is -1.06. The Labute approximate surface area is 132 Å². The van der Waals surface area contributed by atoms with Crippen LogP contribution in [0, 0.1) is 0 Å². The molecule has 0 atom stereocenters. The maximum Gasteiger partial charge on any atom is 0.253 e. The average molecular weight is 309 g/mol. The molecule has 0 radical (unpaired) electrons. The van der Waals surface area contributed by atoms with Gasteiger partial charge in [-0.1, -0.05) is 32.9 Å². The molecule has 1 amide bonds. The van der Waals surface area contributed by atoms with Gasteiger partial charge in [-0.05, 0) is 23.1 Å². The molecule has 1 saturated heterocycles. The van der Waals surface area contributed by atoms with Gasteiger partial charge in [0.15, 0.2) is 0 Å². The maximum atomic E-state index is 12.5. The molecule has 1 aromatic carbocycles. The highest BCUT2D eigenvalue weighted by Crippen LogP contribution is 2.22. The van der Waals surface area contributed by atoms with Crippen LogP contribution in [0.25, 0.3) is 0 Å². The zero-order valence-electron chi connectivity index (χ0n) is 13.2. The fourth-order valence-corrected chi connectivity index (χ4v) is 2.83. The van der Waals surface area contributed by atoms with E-state index in [1.54, 1.807) is 0 Å². The minimum atomic E-state index is 0.120. The molecule has 0 N–H and O–H groups in total. The Morgan fingerprint density at radius 1 is 1.10 bits per heavy atom. The number of alkyl halides is 1. The zero-order chi connectivity index (χ0) is 15.5. The van der Waals surface area contributed by atoms with Gasteiger partial charge in [0, 0.05) is 44.2 Å². The number of hydrogen-bond acceptors (Lipinski definition) is 2. The minimum Gasteiger partial charge on any atom is -0.336 e. The predicted molar refractivity (Wildman–Crippen MR) is 88.2 cm³/mol. The van der Waals surface area contributed by atoms with Gasteiger partial charge in [-0.3, -0.25) is 9.69 Å². The first-order valence-electron chi connectivity index (χ1n) is 7.60. The summed E-state index contributed by atoms with van der Waals surface area (Å²) in [6.45, 7) is 10.9. The summed E-state index contributed by atoms with van der Waals surface area (Å²) >= 11 is 5.76. The second kappa shape index (κ2) is 6.80. The first-order chi connectivity index (χ1) is 9.91. The average Bonchev–Trinajstić information content (AvgIpc) is 2.47. The summed E-state index contributed by atoms with van der Waals surface area (Å²) in [4.78, 5) is 16.8. The smallest absolute Gasteiger partial charge is 0.253 e. The van der Waals surface area contributed by atoms with Gasteiger partial charge in [0.05, 0.1) is 0 Å². The van der Waals surface area contributed by atoms with Crippen molar-refractivity contribution in [1.82, 2.24) is 9.80 Å². The molecule has 21 heavy (non-hydrogen) atoms. The van der Waals surface area contributed by atoms with Gasteiger partial charge in [0.2, 0.25) is 0 Å². The van der Waals surface area contributed by atoms with Gasteiger partial charge in [-0.25, -0.2) is 0 Å². The molecule has 0 aliphatic carbocycles. The van der Waals surface area contributed by atoms with Crippen LogP contribution in [-0.2, 0) is 5.41 Å². The van der Waals surface area contributed by atoms with E-state index in [2.05, 4.69) is 37.8 Å². The van der Waals surface area contributed by atoms with Crippen LogP contribution in [0.1, 0.15) is 36.7 Å². The lowest BCUT2D eigenvalue weighted by Crippen LogP contribution is -2.49. The molecule has 1 aliphatic heterocycles. The molecular formula is C17H25ClN2O. The van der Waals surface area contributed by atoms with Crippen LogP contribution in [0.15, 0.2) is 24.3 Å². The van der Waals surface area contributed by atoms with Crippen LogP contribution in [0.2, 0.25) is 0 Å². The van der Waals surface area contributed by atoms with Gasteiger partial charge < -0.3 is 4.90 Å². The van der Waals surface area contributed by atoms with Crippen molar-refractivity contribution in [2.24, 2.45) is 0 Å². The van der Waals surface area contributed by atoms with Gasteiger partial charge in [0.25, 0.3) is 5.91 Å². The zero-order valence-corrected chi connectivity index (χ0v) is 14.0. The summed E-state index contributed by atoms with van der Waals surface area (Å²) in [5.74, 6) is 0.795. The molecule has 0 bridgehead atoms. The Bertz CT molecular complexity index is 471. The van der Waals surface area contributed by atoms with Crippen molar-refractivity contribution in [2.45, 2.75) is 26.2 Å². The number of amides is 1. The Balaban J connectivity index is 1.98. The lowest BCUT2D eigenvalue weighted by molar-refractivity contribution is 0.0644. The molecule has 1 fully saturated rings. The van der Waals surface area contributed by atoms with Crippen LogP contribution in [-0.4, -0.2) is 54.3 Å². The number of benzene rings is 1. The summed E-state index contributed by atoms with van der Waals surface area (Å²) in [5.41, 5.74) is 2.16. The second-order valence-electron chi connectivity index (χ2n) is 6.65. The molecule has 0 aromatic heterocycles. The quantitative estimate of drug-likeness (QED) is 0.802. The first-order valence-corrected chi connectivity index (χ1v) is 8.13. The molecule has 1 aromatic rings. The number of hydrogen-bond donors (Lipinski definition) is 0. The largest absolute Gasteiger partial charge is 0.336 e. The topological polar surface area (TPSA) is 23.6 Å². The first kappa shape index (κ1) is 16.3. The van der Waals surface area contributed by atoms with Crippen LogP contribution >= 0.6 is 11.6 Å². The molecule has 2 rings (SSSR count). The van der Waals surface area contributed by atoms with Gasteiger partial charge in [0.1, 0.15) is 0 Å². The van der Waals surface area contributed by atoms with E-state index in [4.69, 9.17) is 11.6 Å². The molecule has 1 aliphatic rings. The number of carbonyl (C=O) groups excluding carboxylic acids is 1. The third kappa shape index (κ3) is 4.21. The molecule has 1 heterocycles. The van der Waals surface area contributed by atoms with Crippen LogP contribution in [0.3, 0.4) is 0 Å². The molecule has 0 saturated carbocycles. The van der Waals surface area contributed by atoms with E-state index < -0.39 is 0 Å². The molecular weight excluding hydrogens is 284 g/mol. The second-order valence-corrected chi connectivity index (χ2v) is 7.03. The van der Waals surface area contributed by atoms with Crippen LogP contribution in [0.5, 0.6) is 0 Å². The Morgan fingerprint density at radius 3 is 2.14 bits per heavy atom. The number of piperazine rings is 1. The Morgan fingerprint density at radius 2 is 1.67 bits per heavy atom. The number of rotatable bonds is 3. The summed E-state index contributed by atoms with van der Waals surface area (Å²) in [6, 6.07) is 8.04. The fraction of sp³-hybridized carbons (Fsp3) is 0.588. The van der Waals surface area contributed by atoms with E-state index in [9.17, 15) is 4.79 Å². The van der Waals surface area contributed by atoms with Gasteiger partial charge in [-0.15, -0.1) is 11.6 Å². The van der Waals surface area contributed by atoms with Crippen molar-refractivity contribution in [3.63, 3.8) is 0 Å². The van der Waals surface area contributed by atoms with Crippen molar-refractivity contribution in [2.75, 3.05) is 38.6 Å². The number of halogens is 1. The number of carbonyl (C=O) groups is 1. The summed E-state index contributed by atoms with van der Waals surface area (Å²) < 4.78 is 0. The SMILES string of the molecule is CC(C)(C)c1ccc(C(=O)N2CCN(CCCl)CC2)cc1. The lowest BCUT2D eigenvalue weighted by atomic mass is 9.86. The summed E-state index contributed by atoms with van der Waals surface area (Å²) in [5, 5.41) is 0. The molecule has 0 unspecified atom stereocenters. The molecule has 4 heteroatoms. The van der Waals surface area contributed by atoms with Gasteiger partial charge >= 0.3 is 0 Å². The standard InChI is InChI=1S/C17H25ClN2O/c1-17(2,3)15-6-4-14(5-7-15)16(21)20-12-10-19(9-8-18)11-13-20/h4-7H,8-13H2,1-3H3. The van der Waals surface area contributed by atoms with E-state index in [1.807, 2.05) is 17.0 Å². The van der Waals surface area contributed by atoms with Crippen molar-refractivity contribution in [3.8, 4) is 0 Å². The third-order valence-electron chi connectivity index (χ3n) is 4.06. The highest BCUT2D eigenvalue weighted by atomic mass is 35.5. The number of nitrogens with zero attached hydrogens (tertiary/aromatic N) is 2. The van der Waals surface area contributed by atoms with Crippen LogP contribution < -0.4 is 0 Å². The lowest BCUT2D eigenvalue weighted by Gasteiger charge is -2.34. The summed E-state index contributed by atoms with van der Waals surface area (Å²) in [7, 11) is 0. The fourth-order valence-electron chi connectivity index (χ4n) is 2.59. The van der Waals surface area contributed by atoms with E-state index in [0.717, 1.165) is 38.3 Å². The minimum absolute atomic E-state index is 0.120. The molecule has 3 nitrogen and oxygen atoms in total. The van der Waals surface area contributed by atoms with E-state index in [-0.39, 0.29) is 11.3 Å². The van der Waals surface area contributed by atoms with E-state index in [1.165, 1.54) is 5.56 Å². The van der Waals surface area contributed by atoms with Gasteiger partial charge in [-0.2, -0.15) is 0 Å². The van der Waals surface area contributed by atoms with Crippen LogP contribution in [0.4, 0.5) is 0 Å². The molecule has 0 spiro atoms. The normalized spacial score (nSPS) is 17.0. The highest BCUT2D eigenvalue weighted by molar-refractivity contribution is 6.18. The van der Waals surface area contributed by atoms with Crippen molar-refractivity contribution in [1.29, 1.82) is 0 Å². The third-order valence-corrected chi connectivity index (χ3v) is 4.23. The predicted octanol–water partition coefficient (Wildman–Crippen LogP) is 2.98.